The number of hydrogen-bond acceptors (Lipinski definition) is 6. The summed E-state index contributed by atoms with van der Waals surface area (Å²) in [7, 11) is -2.19. The fraction of sp³-hybridized carbons (Fsp3) is 0.333. The lowest BCUT2D eigenvalue weighted by atomic mass is 10.1. The van der Waals surface area contributed by atoms with Crippen LogP contribution in [-0.4, -0.2) is 57.1 Å². The van der Waals surface area contributed by atoms with Gasteiger partial charge in [0.1, 0.15) is 23.4 Å². The average molecular weight is 429 g/mol. The number of benzene rings is 1. The number of aromatic nitrogens is 1. The molecule has 1 fully saturated rings. The third kappa shape index (κ3) is 5.09. The third-order valence-electron chi connectivity index (χ3n) is 4.75. The molecule has 1 aliphatic heterocycles. The number of carbonyl (C=O) groups excluding carboxylic acids is 1. The molecular weight excluding hydrogens is 404 g/mol. The standard InChI is InChI=1S/C21H24N4O4S/c1-3-7-18-15-24(21(26)29-16-17-8-5-4-6-9-17)12-13-25(18)20-11-10-19(14-23-20)30(27,28)22-2/h4-6,8-11,14,18,22H,12-13,15-16H2,1-2H3/t18-/m0/s1. The summed E-state index contributed by atoms with van der Waals surface area (Å²) in [6.45, 7) is 3.28. The maximum Gasteiger partial charge on any atom is 0.410 e. The van der Waals surface area contributed by atoms with Crippen LogP contribution in [0.3, 0.4) is 0 Å². The molecule has 1 aromatic heterocycles. The third-order valence-corrected chi connectivity index (χ3v) is 6.15. The maximum atomic E-state index is 12.5. The molecule has 2 aromatic rings. The van der Waals surface area contributed by atoms with E-state index in [2.05, 4.69) is 21.5 Å². The number of anilines is 1. The molecule has 158 valence electrons. The van der Waals surface area contributed by atoms with E-state index in [0.29, 0.717) is 25.5 Å². The van der Waals surface area contributed by atoms with Crippen molar-refractivity contribution in [2.24, 2.45) is 0 Å². The number of rotatable bonds is 5. The van der Waals surface area contributed by atoms with E-state index in [1.165, 1.54) is 19.3 Å². The zero-order valence-corrected chi connectivity index (χ0v) is 17.7. The molecule has 0 aliphatic carbocycles. The molecular formula is C21H24N4O4S. The van der Waals surface area contributed by atoms with Gasteiger partial charge in [-0.15, -0.1) is 5.92 Å². The number of sulfonamides is 1. The van der Waals surface area contributed by atoms with Gasteiger partial charge in [-0.25, -0.2) is 22.9 Å². The highest BCUT2D eigenvalue weighted by Crippen LogP contribution is 2.20. The van der Waals surface area contributed by atoms with Crippen molar-refractivity contribution in [1.82, 2.24) is 14.6 Å². The largest absolute Gasteiger partial charge is 0.445 e. The molecule has 1 amide bonds. The second-order valence-electron chi connectivity index (χ2n) is 6.65. The van der Waals surface area contributed by atoms with Crippen LogP contribution >= 0.6 is 0 Å². The fourth-order valence-corrected chi connectivity index (χ4v) is 3.82. The van der Waals surface area contributed by atoms with Gasteiger partial charge >= 0.3 is 6.09 Å². The van der Waals surface area contributed by atoms with Crippen molar-refractivity contribution in [3.8, 4) is 11.8 Å². The van der Waals surface area contributed by atoms with Crippen LogP contribution in [0.15, 0.2) is 53.6 Å². The minimum Gasteiger partial charge on any atom is -0.445 e. The number of pyridine rings is 1. The molecule has 0 saturated carbocycles. The Morgan fingerprint density at radius 1 is 1.23 bits per heavy atom. The first-order valence-electron chi connectivity index (χ1n) is 9.48. The van der Waals surface area contributed by atoms with E-state index in [-0.39, 0.29) is 23.6 Å². The second kappa shape index (κ2) is 9.61. The summed E-state index contributed by atoms with van der Waals surface area (Å²) in [4.78, 5) is 20.5. The zero-order chi connectivity index (χ0) is 21.6. The van der Waals surface area contributed by atoms with E-state index in [0.717, 1.165) is 5.56 Å². The molecule has 3 rings (SSSR count). The summed E-state index contributed by atoms with van der Waals surface area (Å²) in [6, 6.07) is 12.4. The molecule has 0 bridgehead atoms. The lowest BCUT2D eigenvalue weighted by Crippen LogP contribution is -2.54. The molecule has 1 saturated heterocycles. The minimum atomic E-state index is -3.55. The van der Waals surface area contributed by atoms with Gasteiger partial charge in [0.2, 0.25) is 10.0 Å². The lowest BCUT2D eigenvalue weighted by molar-refractivity contribution is 0.0915. The Balaban J connectivity index is 1.67. The Kier molecular flexibility index (Phi) is 6.92. The molecule has 0 radical (unpaired) electrons. The van der Waals surface area contributed by atoms with E-state index < -0.39 is 10.0 Å². The van der Waals surface area contributed by atoms with Crippen molar-refractivity contribution in [3.05, 3.63) is 54.2 Å². The van der Waals surface area contributed by atoms with Gasteiger partial charge in [-0.3, -0.25) is 0 Å². The van der Waals surface area contributed by atoms with Crippen molar-refractivity contribution >= 4 is 21.9 Å². The predicted molar refractivity (Wildman–Crippen MR) is 113 cm³/mol. The van der Waals surface area contributed by atoms with Gasteiger partial charge in [-0.2, -0.15) is 0 Å². The molecule has 0 unspecified atom stereocenters. The van der Waals surface area contributed by atoms with Gasteiger partial charge in [0.15, 0.2) is 0 Å². The van der Waals surface area contributed by atoms with Gasteiger partial charge in [-0.05, 0) is 31.7 Å². The summed E-state index contributed by atoms with van der Waals surface area (Å²) < 4.78 is 31.5. The number of nitrogens with one attached hydrogen (secondary N) is 1. The van der Waals surface area contributed by atoms with Gasteiger partial charge in [-0.1, -0.05) is 36.3 Å². The lowest BCUT2D eigenvalue weighted by Gasteiger charge is -2.39. The number of piperazine rings is 1. The number of amides is 1. The highest BCUT2D eigenvalue weighted by atomic mass is 32.2. The summed E-state index contributed by atoms with van der Waals surface area (Å²) in [5, 5.41) is 0. The summed E-state index contributed by atoms with van der Waals surface area (Å²) >= 11 is 0. The van der Waals surface area contributed by atoms with Gasteiger partial charge < -0.3 is 14.5 Å². The second-order valence-corrected chi connectivity index (χ2v) is 8.54. The van der Waals surface area contributed by atoms with E-state index in [9.17, 15) is 13.2 Å². The van der Waals surface area contributed by atoms with Gasteiger partial charge in [0, 0.05) is 19.3 Å². The first-order valence-corrected chi connectivity index (χ1v) is 11.0. The van der Waals surface area contributed by atoms with Crippen molar-refractivity contribution in [2.45, 2.75) is 24.5 Å². The smallest absolute Gasteiger partial charge is 0.410 e. The van der Waals surface area contributed by atoms with E-state index in [1.54, 1.807) is 17.9 Å². The van der Waals surface area contributed by atoms with E-state index in [1.807, 2.05) is 35.2 Å². The Hall–Kier alpha value is -3.09. The Morgan fingerprint density at radius 3 is 2.63 bits per heavy atom. The highest BCUT2D eigenvalue weighted by molar-refractivity contribution is 7.89. The number of ether oxygens (including phenoxy) is 1. The predicted octanol–water partition coefficient (Wildman–Crippen LogP) is 1.84. The van der Waals surface area contributed by atoms with Crippen molar-refractivity contribution < 1.29 is 17.9 Å². The Morgan fingerprint density at radius 2 is 2.00 bits per heavy atom. The van der Waals surface area contributed by atoms with Crippen molar-refractivity contribution in [2.75, 3.05) is 31.6 Å². The SMILES string of the molecule is CC#C[C@H]1CN(C(=O)OCc2ccccc2)CCN1c1ccc(S(=O)(=O)NC)cn1. The normalized spacial score (nSPS) is 16.5. The van der Waals surface area contributed by atoms with Crippen LogP contribution in [0.2, 0.25) is 0 Å². The molecule has 9 heteroatoms. The number of hydrogen-bond donors (Lipinski definition) is 1. The summed E-state index contributed by atoms with van der Waals surface area (Å²) in [5.74, 6) is 6.61. The average Bonchev–Trinajstić information content (AvgIpc) is 2.78. The summed E-state index contributed by atoms with van der Waals surface area (Å²) in [6.07, 6.45) is 0.933. The van der Waals surface area contributed by atoms with Crippen LogP contribution in [0, 0.1) is 11.8 Å². The molecule has 1 N–H and O–H groups in total. The first-order chi connectivity index (χ1) is 14.4. The summed E-state index contributed by atoms with van der Waals surface area (Å²) in [5.41, 5.74) is 0.926. The van der Waals surface area contributed by atoms with Crippen LogP contribution in [0.4, 0.5) is 10.6 Å². The van der Waals surface area contributed by atoms with Gasteiger partial charge in [0.05, 0.1) is 6.54 Å². The molecule has 30 heavy (non-hydrogen) atoms. The quantitative estimate of drug-likeness (QED) is 0.731. The van der Waals surface area contributed by atoms with Gasteiger partial charge in [0.25, 0.3) is 0 Å². The molecule has 8 nitrogen and oxygen atoms in total. The van der Waals surface area contributed by atoms with Crippen LogP contribution in [-0.2, 0) is 21.4 Å². The molecule has 2 heterocycles. The molecule has 0 spiro atoms. The Labute approximate surface area is 176 Å². The monoisotopic (exact) mass is 428 g/mol. The van der Waals surface area contributed by atoms with Crippen LogP contribution in [0.5, 0.6) is 0 Å². The molecule has 1 atom stereocenters. The van der Waals surface area contributed by atoms with Crippen LogP contribution < -0.4 is 9.62 Å². The zero-order valence-electron chi connectivity index (χ0n) is 16.9. The van der Waals surface area contributed by atoms with E-state index in [4.69, 9.17) is 4.74 Å². The van der Waals surface area contributed by atoms with E-state index >= 15 is 0 Å². The molecule has 1 aromatic carbocycles. The number of carbonyl (C=O) groups is 1. The Bertz CT molecular complexity index is 1030. The van der Waals surface area contributed by atoms with Crippen LogP contribution in [0.25, 0.3) is 0 Å². The van der Waals surface area contributed by atoms with Crippen molar-refractivity contribution in [3.63, 3.8) is 0 Å². The fourth-order valence-electron chi connectivity index (χ4n) is 3.14. The maximum absolute atomic E-state index is 12.5. The minimum absolute atomic E-state index is 0.0926. The molecule has 1 aliphatic rings. The highest BCUT2D eigenvalue weighted by Gasteiger charge is 2.30. The van der Waals surface area contributed by atoms with Crippen molar-refractivity contribution in [1.29, 1.82) is 0 Å². The first kappa shape index (κ1) is 21.6. The van der Waals surface area contributed by atoms with Crippen LogP contribution in [0.1, 0.15) is 12.5 Å². The topological polar surface area (TPSA) is 91.8 Å². The number of nitrogens with zero attached hydrogens (tertiary/aromatic N) is 3.